The molecule has 0 bridgehead atoms. The number of aromatic nitrogens is 3. The fourth-order valence-electron chi connectivity index (χ4n) is 1.35. The highest BCUT2D eigenvalue weighted by Gasteiger charge is 2.02. The summed E-state index contributed by atoms with van der Waals surface area (Å²) in [5, 5.41) is 10.5. The molecular weight excluding hydrogens is 242 g/mol. The van der Waals surface area contributed by atoms with Crippen LogP contribution >= 0.6 is 11.6 Å². The van der Waals surface area contributed by atoms with Crippen LogP contribution in [0.3, 0.4) is 0 Å². The predicted molar refractivity (Wildman–Crippen MR) is 65.2 cm³/mol. The Morgan fingerprint density at radius 3 is 3.06 bits per heavy atom. The fraction of sp³-hybridized carbons (Fsp3) is 0.300. The Hall–Kier alpha value is -1.82. The van der Waals surface area contributed by atoms with E-state index in [0.717, 1.165) is 5.65 Å². The zero-order valence-corrected chi connectivity index (χ0v) is 10.0. The van der Waals surface area contributed by atoms with Crippen molar-refractivity contribution in [1.29, 1.82) is 0 Å². The number of halogens is 1. The van der Waals surface area contributed by atoms with Gasteiger partial charge in [-0.25, -0.2) is 4.52 Å². The number of hydrogen-bond donors (Lipinski definition) is 2. The van der Waals surface area contributed by atoms with E-state index in [2.05, 4.69) is 20.7 Å². The molecule has 2 N–H and O–H groups in total. The number of amides is 1. The molecule has 17 heavy (non-hydrogen) atoms. The topological polar surface area (TPSA) is 71.3 Å². The molecular formula is C10H12ClN5O. The Labute approximate surface area is 103 Å². The summed E-state index contributed by atoms with van der Waals surface area (Å²) in [6.07, 6.45) is 1.68. The summed E-state index contributed by atoms with van der Waals surface area (Å²) in [4.78, 5) is 14.9. The highest BCUT2D eigenvalue weighted by atomic mass is 35.5. The maximum absolute atomic E-state index is 10.6. The number of carbonyl (C=O) groups excluding carboxylic acids is 1. The summed E-state index contributed by atoms with van der Waals surface area (Å²) in [5.74, 6) is 0.458. The summed E-state index contributed by atoms with van der Waals surface area (Å²) in [6, 6.07) is 3.54. The van der Waals surface area contributed by atoms with Gasteiger partial charge in [0.05, 0.1) is 5.02 Å². The number of rotatable bonds is 4. The summed E-state index contributed by atoms with van der Waals surface area (Å²) >= 11 is 5.83. The molecule has 2 rings (SSSR count). The van der Waals surface area contributed by atoms with Gasteiger partial charge in [0.25, 0.3) is 0 Å². The molecule has 2 aromatic heterocycles. The highest BCUT2D eigenvalue weighted by Crippen LogP contribution is 2.10. The molecule has 0 saturated heterocycles. The van der Waals surface area contributed by atoms with Gasteiger partial charge in [0, 0.05) is 26.2 Å². The second-order valence-electron chi connectivity index (χ2n) is 3.50. The van der Waals surface area contributed by atoms with Crippen LogP contribution in [0.5, 0.6) is 0 Å². The quantitative estimate of drug-likeness (QED) is 0.796. The van der Waals surface area contributed by atoms with Crippen LogP contribution in [0.4, 0.5) is 5.95 Å². The van der Waals surface area contributed by atoms with Gasteiger partial charge in [0.1, 0.15) is 0 Å². The molecule has 7 heteroatoms. The minimum atomic E-state index is -0.0541. The maximum Gasteiger partial charge on any atom is 0.243 e. The first-order valence-corrected chi connectivity index (χ1v) is 5.53. The summed E-state index contributed by atoms with van der Waals surface area (Å²) < 4.78 is 1.60. The number of anilines is 1. The van der Waals surface area contributed by atoms with Crippen LogP contribution in [-0.2, 0) is 4.79 Å². The zero-order chi connectivity index (χ0) is 12.3. The van der Waals surface area contributed by atoms with Crippen LogP contribution in [0.1, 0.15) is 6.92 Å². The van der Waals surface area contributed by atoms with Crippen LogP contribution in [0, 0.1) is 0 Å². The van der Waals surface area contributed by atoms with Crippen LogP contribution in [-0.4, -0.2) is 33.6 Å². The largest absolute Gasteiger partial charge is 0.355 e. The van der Waals surface area contributed by atoms with Crippen molar-refractivity contribution < 1.29 is 4.79 Å². The maximum atomic E-state index is 10.6. The monoisotopic (exact) mass is 253 g/mol. The molecule has 1 amide bonds. The van der Waals surface area contributed by atoms with Gasteiger partial charge in [0.15, 0.2) is 5.65 Å². The zero-order valence-electron chi connectivity index (χ0n) is 9.27. The van der Waals surface area contributed by atoms with Crippen molar-refractivity contribution in [3.8, 4) is 0 Å². The number of pyridine rings is 1. The standard InChI is InChI=1S/C10H12ClN5O/c1-7(17)12-4-5-13-10-14-9-3-2-8(11)6-16(9)15-10/h2-3,6H,4-5H2,1H3,(H,12,17)(H,13,15). The molecule has 0 radical (unpaired) electrons. The number of nitrogens with zero attached hydrogens (tertiary/aromatic N) is 3. The van der Waals surface area contributed by atoms with Crippen LogP contribution < -0.4 is 10.6 Å². The number of nitrogens with one attached hydrogen (secondary N) is 2. The van der Waals surface area contributed by atoms with Gasteiger partial charge in [-0.3, -0.25) is 4.79 Å². The first-order chi connectivity index (χ1) is 8.15. The van der Waals surface area contributed by atoms with E-state index in [4.69, 9.17) is 11.6 Å². The van der Waals surface area contributed by atoms with Crippen molar-refractivity contribution in [2.45, 2.75) is 6.92 Å². The average Bonchev–Trinajstić information content (AvgIpc) is 2.66. The molecule has 90 valence electrons. The minimum absolute atomic E-state index is 0.0541. The van der Waals surface area contributed by atoms with Gasteiger partial charge in [-0.15, -0.1) is 5.10 Å². The lowest BCUT2D eigenvalue weighted by atomic mass is 10.5. The van der Waals surface area contributed by atoms with Crippen molar-refractivity contribution in [2.24, 2.45) is 0 Å². The first-order valence-electron chi connectivity index (χ1n) is 5.15. The lowest BCUT2D eigenvalue weighted by Gasteiger charge is -2.01. The van der Waals surface area contributed by atoms with E-state index in [1.165, 1.54) is 6.92 Å². The van der Waals surface area contributed by atoms with E-state index in [0.29, 0.717) is 24.1 Å². The van der Waals surface area contributed by atoms with Crippen LogP contribution in [0.2, 0.25) is 5.02 Å². The van der Waals surface area contributed by atoms with Gasteiger partial charge in [-0.2, -0.15) is 4.98 Å². The second kappa shape index (κ2) is 5.01. The Bertz CT molecular complexity index is 538. The van der Waals surface area contributed by atoms with E-state index in [9.17, 15) is 4.79 Å². The van der Waals surface area contributed by atoms with E-state index in [1.54, 1.807) is 22.8 Å². The van der Waals surface area contributed by atoms with Crippen molar-refractivity contribution in [3.05, 3.63) is 23.4 Å². The van der Waals surface area contributed by atoms with Gasteiger partial charge in [0.2, 0.25) is 11.9 Å². The normalized spacial score (nSPS) is 10.5. The lowest BCUT2D eigenvalue weighted by Crippen LogP contribution is -2.26. The summed E-state index contributed by atoms with van der Waals surface area (Å²) in [5.41, 5.74) is 0.719. The lowest BCUT2D eigenvalue weighted by molar-refractivity contribution is -0.118. The molecule has 0 aliphatic rings. The molecule has 0 spiro atoms. The molecule has 0 fully saturated rings. The van der Waals surface area contributed by atoms with E-state index < -0.39 is 0 Å². The van der Waals surface area contributed by atoms with Crippen molar-refractivity contribution in [3.63, 3.8) is 0 Å². The van der Waals surface area contributed by atoms with Crippen LogP contribution in [0.15, 0.2) is 18.3 Å². The van der Waals surface area contributed by atoms with E-state index >= 15 is 0 Å². The molecule has 0 unspecified atom stereocenters. The Morgan fingerprint density at radius 1 is 1.47 bits per heavy atom. The predicted octanol–water partition coefficient (Wildman–Crippen LogP) is 0.931. The van der Waals surface area contributed by atoms with E-state index in [-0.39, 0.29) is 5.91 Å². The van der Waals surface area contributed by atoms with Crippen molar-refractivity contribution in [1.82, 2.24) is 19.9 Å². The Kier molecular flexibility index (Phi) is 3.43. The molecule has 0 aliphatic carbocycles. The molecule has 6 nitrogen and oxygen atoms in total. The smallest absolute Gasteiger partial charge is 0.243 e. The number of hydrogen-bond acceptors (Lipinski definition) is 4. The third kappa shape index (κ3) is 3.07. The third-order valence-corrected chi connectivity index (χ3v) is 2.30. The molecule has 0 aliphatic heterocycles. The molecule has 2 aromatic rings. The number of fused-ring (bicyclic) bond motifs is 1. The van der Waals surface area contributed by atoms with Gasteiger partial charge in [-0.1, -0.05) is 11.6 Å². The van der Waals surface area contributed by atoms with Crippen molar-refractivity contribution >= 4 is 29.1 Å². The molecule has 0 atom stereocenters. The second-order valence-corrected chi connectivity index (χ2v) is 3.93. The van der Waals surface area contributed by atoms with Gasteiger partial charge in [-0.05, 0) is 12.1 Å². The van der Waals surface area contributed by atoms with E-state index in [1.807, 2.05) is 0 Å². The summed E-state index contributed by atoms with van der Waals surface area (Å²) in [7, 11) is 0. The molecule has 2 heterocycles. The fourth-order valence-corrected chi connectivity index (χ4v) is 1.50. The highest BCUT2D eigenvalue weighted by molar-refractivity contribution is 6.30. The Morgan fingerprint density at radius 2 is 2.29 bits per heavy atom. The van der Waals surface area contributed by atoms with Crippen LogP contribution in [0.25, 0.3) is 5.65 Å². The minimum Gasteiger partial charge on any atom is -0.355 e. The average molecular weight is 254 g/mol. The van der Waals surface area contributed by atoms with Crippen molar-refractivity contribution in [2.75, 3.05) is 18.4 Å². The molecule has 0 aromatic carbocycles. The SMILES string of the molecule is CC(=O)NCCNc1nc2ccc(Cl)cn2n1. The van der Waals surface area contributed by atoms with Gasteiger partial charge < -0.3 is 10.6 Å². The summed E-state index contributed by atoms with van der Waals surface area (Å²) in [6.45, 7) is 2.58. The first kappa shape index (κ1) is 11.7. The molecule has 0 saturated carbocycles. The number of carbonyl (C=O) groups is 1. The Balaban J connectivity index is 1.97. The van der Waals surface area contributed by atoms with Gasteiger partial charge >= 0.3 is 0 Å². The third-order valence-electron chi connectivity index (χ3n) is 2.08.